The zero-order chi connectivity index (χ0) is 17.8. The monoisotopic (exact) mass is 379 g/mol. The number of aliphatic hydroxyl groups is 2. The number of hydrogen-bond donors (Lipinski definition) is 2. The molecule has 25 heavy (non-hydrogen) atoms. The highest BCUT2D eigenvalue weighted by Crippen LogP contribution is 2.40. The largest absolute Gasteiger partial charge is 0.503 e. The van der Waals surface area contributed by atoms with Crippen molar-refractivity contribution in [2.24, 2.45) is 0 Å². The van der Waals surface area contributed by atoms with E-state index in [1.165, 1.54) is 27.6 Å². The number of aliphatic hydroxyl groups excluding tert-OH is 2. The molecule has 3 rings (SSSR count). The van der Waals surface area contributed by atoms with Gasteiger partial charge < -0.3 is 19.8 Å². The van der Waals surface area contributed by atoms with E-state index in [1.807, 2.05) is 17.5 Å². The zero-order valence-corrected chi connectivity index (χ0v) is 14.9. The lowest BCUT2D eigenvalue weighted by Crippen LogP contribution is -2.34. The van der Waals surface area contributed by atoms with Crippen molar-refractivity contribution in [1.29, 1.82) is 0 Å². The van der Waals surface area contributed by atoms with Gasteiger partial charge in [-0.05, 0) is 22.9 Å². The van der Waals surface area contributed by atoms with Crippen LogP contribution in [0.3, 0.4) is 0 Å². The second-order valence-electron chi connectivity index (χ2n) is 5.32. The van der Waals surface area contributed by atoms with Crippen molar-refractivity contribution >= 4 is 34.4 Å². The van der Waals surface area contributed by atoms with Gasteiger partial charge in [0.15, 0.2) is 5.76 Å². The van der Waals surface area contributed by atoms with Gasteiger partial charge in [0.05, 0.1) is 36.3 Å². The first-order valence-electron chi connectivity index (χ1n) is 7.69. The molecule has 0 saturated carbocycles. The van der Waals surface area contributed by atoms with E-state index in [0.717, 1.165) is 4.88 Å². The fourth-order valence-corrected chi connectivity index (χ4v) is 4.25. The summed E-state index contributed by atoms with van der Waals surface area (Å²) in [5.41, 5.74) is 0.108. The average molecular weight is 379 g/mol. The fourth-order valence-electron chi connectivity index (χ4n) is 2.73. The summed E-state index contributed by atoms with van der Waals surface area (Å²) in [6.45, 7) is 0.495. The quantitative estimate of drug-likeness (QED) is 0.543. The summed E-state index contributed by atoms with van der Waals surface area (Å²) >= 11 is 2.69. The fraction of sp³-hybridized carbons (Fsp3) is 0.294. The molecule has 0 unspecified atom stereocenters. The van der Waals surface area contributed by atoms with Crippen molar-refractivity contribution < 1.29 is 24.5 Å². The van der Waals surface area contributed by atoms with Crippen LogP contribution in [0.5, 0.6) is 0 Å². The van der Waals surface area contributed by atoms with Gasteiger partial charge in [-0.1, -0.05) is 12.1 Å². The molecule has 1 atom stereocenters. The third-order valence-electron chi connectivity index (χ3n) is 3.82. The molecule has 1 aliphatic rings. The Morgan fingerprint density at radius 2 is 1.96 bits per heavy atom. The van der Waals surface area contributed by atoms with Crippen LogP contribution in [0.25, 0.3) is 0 Å². The number of carbonyl (C=O) groups excluding carboxylic acids is 2. The van der Waals surface area contributed by atoms with Crippen LogP contribution in [0.15, 0.2) is 46.4 Å². The van der Waals surface area contributed by atoms with E-state index in [9.17, 15) is 14.7 Å². The standard InChI is InChI=1S/C17H17NO5S2/c19-6-8-23-7-5-18-14(11-3-1-9-24-11)13(16(21)17(18)22)15(20)12-4-2-10-25-12/h1-4,9-10,14,19,21H,5-8H2/t14-/m0/s1. The molecule has 2 aromatic rings. The number of hydrogen-bond acceptors (Lipinski definition) is 7. The molecule has 0 fully saturated rings. The van der Waals surface area contributed by atoms with E-state index < -0.39 is 17.7 Å². The highest BCUT2D eigenvalue weighted by molar-refractivity contribution is 7.12. The van der Waals surface area contributed by atoms with Crippen LogP contribution in [0.1, 0.15) is 20.6 Å². The van der Waals surface area contributed by atoms with Gasteiger partial charge in [0.25, 0.3) is 5.91 Å². The van der Waals surface area contributed by atoms with Crippen LogP contribution < -0.4 is 0 Å². The van der Waals surface area contributed by atoms with Gasteiger partial charge in [0.1, 0.15) is 0 Å². The van der Waals surface area contributed by atoms with Gasteiger partial charge in [-0.3, -0.25) is 9.59 Å². The molecule has 0 aromatic carbocycles. The molecule has 2 N–H and O–H groups in total. The number of thiophene rings is 2. The summed E-state index contributed by atoms with van der Waals surface area (Å²) in [6, 6.07) is 6.49. The minimum atomic E-state index is -0.625. The summed E-state index contributed by atoms with van der Waals surface area (Å²) < 4.78 is 5.24. The number of nitrogens with zero attached hydrogens (tertiary/aromatic N) is 1. The topological polar surface area (TPSA) is 87.1 Å². The van der Waals surface area contributed by atoms with Gasteiger partial charge in [-0.2, -0.15) is 0 Å². The predicted molar refractivity (Wildman–Crippen MR) is 95.0 cm³/mol. The van der Waals surface area contributed by atoms with Gasteiger partial charge >= 0.3 is 0 Å². The van der Waals surface area contributed by atoms with E-state index in [-0.39, 0.29) is 37.7 Å². The molecule has 132 valence electrons. The van der Waals surface area contributed by atoms with E-state index in [0.29, 0.717) is 4.88 Å². The number of ether oxygens (including phenoxy) is 1. The molecular formula is C17H17NO5S2. The molecule has 0 bridgehead atoms. The Bertz CT molecular complexity index is 767. The van der Waals surface area contributed by atoms with Gasteiger partial charge in [0.2, 0.25) is 5.78 Å². The first kappa shape index (κ1) is 17.8. The molecular weight excluding hydrogens is 362 g/mol. The molecule has 1 aliphatic heterocycles. The summed E-state index contributed by atoms with van der Waals surface area (Å²) in [7, 11) is 0. The maximum atomic E-state index is 12.8. The summed E-state index contributed by atoms with van der Waals surface area (Å²) in [4.78, 5) is 28.1. The maximum absolute atomic E-state index is 12.8. The summed E-state index contributed by atoms with van der Waals surface area (Å²) in [5, 5.41) is 22.8. The Morgan fingerprint density at radius 1 is 1.20 bits per heavy atom. The van der Waals surface area contributed by atoms with Crippen LogP contribution in [-0.4, -0.2) is 53.2 Å². The van der Waals surface area contributed by atoms with Crippen LogP contribution in [0, 0.1) is 0 Å². The van der Waals surface area contributed by atoms with E-state index in [2.05, 4.69) is 0 Å². The van der Waals surface area contributed by atoms with E-state index >= 15 is 0 Å². The highest BCUT2D eigenvalue weighted by atomic mass is 32.1. The van der Waals surface area contributed by atoms with Crippen LogP contribution in [0.4, 0.5) is 0 Å². The Hall–Kier alpha value is -2.00. The van der Waals surface area contributed by atoms with Crippen LogP contribution in [-0.2, 0) is 9.53 Å². The van der Waals surface area contributed by atoms with Gasteiger partial charge in [-0.15, -0.1) is 22.7 Å². The molecule has 8 heteroatoms. The first-order chi connectivity index (χ1) is 12.1. The highest BCUT2D eigenvalue weighted by Gasteiger charge is 2.44. The van der Waals surface area contributed by atoms with Crippen molar-refractivity contribution in [2.45, 2.75) is 6.04 Å². The van der Waals surface area contributed by atoms with Crippen molar-refractivity contribution in [3.05, 3.63) is 56.1 Å². The maximum Gasteiger partial charge on any atom is 0.290 e. The smallest absolute Gasteiger partial charge is 0.290 e. The molecule has 0 spiro atoms. The lowest BCUT2D eigenvalue weighted by molar-refractivity contribution is -0.130. The van der Waals surface area contributed by atoms with Crippen LogP contribution >= 0.6 is 22.7 Å². The van der Waals surface area contributed by atoms with Gasteiger partial charge in [-0.25, -0.2) is 0 Å². The summed E-state index contributed by atoms with van der Waals surface area (Å²) in [5.74, 6) is -1.41. The molecule has 0 aliphatic carbocycles. The summed E-state index contributed by atoms with van der Waals surface area (Å²) in [6.07, 6.45) is 0. The van der Waals surface area contributed by atoms with Crippen molar-refractivity contribution in [2.75, 3.05) is 26.4 Å². The number of ketones is 1. The van der Waals surface area contributed by atoms with E-state index in [4.69, 9.17) is 9.84 Å². The number of rotatable bonds is 8. The molecule has 2 aromatic heterocycles. The Kier molecular flexibility index (Phi) is 5.64. The molecule has 0 radical (unpaired) electrons. The first-order valence-corrected chi connectivity index (χ1v) is 9.45. The normalized spacial score (nSPS) is 17.6. The second-order valence-corrected chi connectivity index (χ2v) is 7.25. The second kappa shape index (κ2) is 7.92. The van der Waals surface area contributed by atoms with Crippen LogP contribution in [0.2, 0.25) is 0 Å². The predicted octanol–water partition coefficient (Wildman–Crippen LogP) is 2.40. The molecule has 1 amide bonds. The lowest BCUT2D eigenvalue weighted by Gasteiger charge is -2.25. The minimum Gasteiger partial charge on any atom is -0.503 e. The third kappa shape index (κ3) is 3.52. The minimum absolute atomic E-state index is 0.103. The third-order valence-corrected chi connectivity index (χ3v) is 5.61. The SMILES string of the molecule is O=C(C1=C(O)C(=O)N(CCOCCO)[C@H]1c1cccs1)c1cccs1. The lowest BCUT2D eigenvalue weighted by atomic mass is 10.0. The van der Waals surface area contributed by atoms with Gasteiger partial charge in [0, 0.05) is 11.4 Å². The Balaban J connectivity index is 1.91. The molecule has 0 saturated heterocycles. The van der Waals surface area contributed by atoms with E-state index in [1.54, 1.807) is 17.5 Å². The Labute approximate surface area is 152 Å². The average Bonchev–Trinajstić information content (AvgIpc) is 3.35. The molecule has 3 heterocycles. The molecule has 6 nitrogen and oxygen atoms in total. The van der Waals surface area contributed by atoms with Crippen molar-refractivity contribution in [1.82, 2.24) is 4.90 Å². The zero-order valence-electron chi connectivity index (χ0n) is 13.3. The number of amides is 1. The van der Waals surface area contributed by atoms with Crippen molar-refractivity contribution in [3.8, 4) is 0 Å². The van der Waals surface area contributed by atoms with Crippen molar-refractivity contribution in [3.63, 3.8) is 0 Å². The number of Topliss-reactive ketones (excluding diaryl/α,β-unsaturated/α-hetero) is 1. The number of carbonyl (C=O) groups is 2. The Morgan fingerprint density at radius 3 is 2.60 bits per heavy atom.